The Morgan fingerprint density at radius 1 is 1.50 bits per heavy atom. The molecule has 0 aromatic carbocycles. The van der Waals surface area contributed by atoms with Gasteiger partial charge in [-0.25, -0.2) is 4.98 Å². The van der Waals surface area contributed by atoms with Crippen LogP contribution in [0.25, 0.3) is 0 Å². The van der Waals surface area contributed by atoms with Crippen molar-refractivity contribution in [1.82, 2.24) is 10.3 Å². The summed E-state index contributed by atoms with van der Waals surface area (Å²) in [7, 11) is 0. The number of carbonyl (C=O) groups excluding carboxylic acids is 1. The highest BCUT2D eigenvalue weighted by molar-refractivity contribution is 7.80. The summed E-state index contributed by atoms with van der Waals surface area (Å²) in [6, 6.07) is 3.52. The van der Waals surface area contributed by atoms with E-state index in [0.717, 1.165) is 12.0 Å². The predicted octanol–water partition coefficient (Wildman–Crippen LogP) is 1.04. The molecular formula is C12H18N4OS. The number of amides is 1. The monoisotopic (exact) mass is 266 g/mol. The Bertz CT molecular complexity index is 422. The Kier molecular flexibility index (Phi) is 6.07. The van der Waals surface area contributed by atoms with E-state index in [2.05, 4.69) is 15.6 Å². The lowest BCUT2D eigenvalue weighted by Crippen LogP contribution is -2.26. The molecule has 18 heavy (non-hydrogen) atoms. The van der Waals surface area contributed by atoms with Crippen molar-refractivity contribution in [3.05, 3.63) is 23.9 Å². The number of anilines is 1. The van der Waals surface area contributed by atoms with Gasteiger partial charge in [-0.3, -0.25) is 4.79 Å². The van der Waals surface area contributed by atoms with Crippen molar-refractivity contribution in [3.63, 3.8) is 0 Å². The summed E-state index contributed by atoms with van der Waals surface area (Å²) in [5, 5.41) is 5.87. The van der Waals surface area contributed by atoms with E-state index >= 15 is 0 Å². The molecule has 0 unspecified atom stereocenters. The number of aromatic nitrogens is 1. The molecule has 0 atom stereocenters. The maximum absolute atomic E-state index is 11.4. The van der Waals surface area contributed by atoms with E-state index in [1.165, 1.54) is 0 Å². The van der Waals surface area contributed by atoms with Crippen LogP contribution in [0.15, 0.2) is 18.3 Å². The van der Waals surface area contributed by atoms with Gasteiger partial charge in [0.1, 0.15) is 10.8 Å². The molecule has 1 heterocycles. The molecule has 5 nitrogen and oxygen atoms in total. The summed E-state index contributed by atoms with van der Waals surface area (Å²) in [4.78, 5) is 15.8. The molecular weight excluding hydrogens is 248 g/mol. The molecule has 0 saturated heterocycles. The van der Waals surface area contributed by atoms with Crippen LogP contribution in [-0.2, 0) is 4.79 Å². The minimum absolute atomic E-state index is 0.0369. The van der Waals surface area contributed by atoms with Crippen LogP contribution >= 0.6 is 12.2 Å². The van der Waals surface area contributed by atoms with Crippen LogP contribution in [0.1, 0.15) is 25.3 Å². The van der Waals surface area contributed by atoms with Crippen LogP contribution in [0.3, 0.4) is 0 Å². The van der Waals surface area contributed by atoms with E-state index in [-0.39, 0.29) is 5.91 Å². The van der Waals surface area contributed by atoms with Crippen LogP contribution < -0.4 is 16.4 Å². The van der Waals surface area contributed by atoms with Gasteiger partial charge in [0, 0.05) is 31.3 Å². The van der Waals surface area contributed by atoms with Gasteiger partial charge in [0.2, 0.25) is 5.91 Å². The first-order chi connectivity index (χ1) is 8.63. The van der Waals surface area contributed by atoms with Gasteiger partial charge >= 0.3 is 0 Å². The molecule has 0 aliphatic carbocycles. The van der Waals surface area contributed by atoms with E-state index < -0.39 is 0 Å². The number of pyridine rings is 1. The first-order valence-corrected chi connectivity index (χ1v) is 6.30. The summed E-state index contributed by atoms with van der Waals surface area (Å²) in [6.45, 7) is 3.26. The third kappa shape index (κ3) is 5.09. The third-order valence-electron chi connectivity index (χ3n) is 2.27. The fraction of sp³-hybridized carbons (Fsp3) is 0.417. The first-order valence-electron chi connectivity index (χ1n) is 5.90. The van der Waals surface area contributed by atoms with Gasteiger partial charge in [0.15, 0.2) is 0 Å². The van der Waals surface area contributed by atoms with Crippen LogP contribution in [0, 0.1) is 0 Å². The van der Waals surface area contributed by atoms with E-state index in [0.29, 0.717) is 30.3 Å². The molecule has 1 aromatic rings. The van der Waals surface area contributed by atoms with E-state index in [9.17, 15) is 4.79 Å². The Hall–Kier alpha value is -1.69. The predicted molar refractivity (Wildman–Crippen MR) is 76.5 cm³/mol. The topological polar surface area (TPSA) is 80.0 Å². The molecule has 4 N–H and O–H groups in total. The Balaban J connectivity index is 2.37. The second-order valence-electron chi connectivity index (χ2n) is 3.82. The summed E-state index contributed by atoms with van der Waals surface area (Å²) in [6.07, 6.45) is 2.99. The molecule has 1 rings (SSSR count). The van der Waals surface area contributed by atoms with Crippen LogP contribution in [-0.4, -0.2) is 29.0 Å². The van der Waals surface area contributed by atoms with Crippen molar-refractivity contribution in [1.29, 1.82) is 0 Å². The van der Waals surface area contributed by atoms with Gasteiger partial charge in [-0.05, 0) is 18.6 Å². The van der Waals surface area contributed by atoms with E-state index in [4.69, 9.17) is 18.0 Å². The van der Waals surface area contributed by atoms with Gasteiger partial charge in [-0.15, -0.1) is 0 Å². The van der Waals surface area contributed by atoms with E-state index in [1.807, 2.05) is 6.92 Å². The zero-order valence-corrected chi connectivity index (χ0v) is 11.2. The molecule has 98 valence electrons. The van der Waals surface area contributed by atoms with Gasteiger partial charge in [-0.2, -0.15) is 0 Å². The highest BCUT2D eigenvalue weighted by atomic mass is 32.1. The standard InChI is InChI=1S/C12H18N4OS/c1-2-5-16-11(17)4-7-15-10-8-9(12(13)18)3-6-14-10/h3,6,8H,2,4-5,7H2,1H3,(H2,13,18)(H,14,15)(H,16,17). The zero-order valence-electron chi connectivity index (χ0n) is 10.4. The second kappa shape index (κ2) is 7.60. The molecule has 0 spiro atoms. The largest absolute Gasteiger partial charge is 0.389 e. The molecule has 6 heteroatoms. The number of carbonyl (C=O) groups is 1. The minimum atomic E-state index is 0.0369. The Morgan fingerprint density at radius 2 is 2.28 bits per heavy atom. The van der Waals surface area contributed by atoms with Gasteiger partial charge in [0.05, 0.1) is 0 Å². The summed E-state index contributed by atoms with van der Waals surface area (Å²) < 4.78 is 0. The molecule has 0 bridgehead atoms. The van der Waals surface area contributed by atoms with Crippen molar-refractivity contribution >= 4 is 28.9 Å². The molecule has 0 aliphatic rings. The first kappa shape index (κ1) is 14.4. The maximum atomic E-state index is 11.4. The molecule has 0 aliphatic heterocycles. The Morgan fingerprint density at radius 3 is 2.94 bits per heavy atom. The fourth-order valence-corrected chi connectivity index (χ4v) is 1.46. The maximum Gasteiger partial charge on any atom is 0.221 e. The van der Waals surface area contributed by atoms with Crippen molar-refractivity contribution in [2.75, 3.05) is 18.4 Å². The SMILES string of the molecule is CCCNC(=O)CCNc1cc(C(N)=S)ccn1. The average Bonchev–Trinajstić information content (AvgIpc) is 2.36. The lowest BCUT2D eigenvalue weighted by molar-refractivity contribution is -0.120. The molecule has 0 saturated carbocycles. The number of nitrogens with one attached hydrogen (secondary N) is 2. The molecule has 1 aromatic heterocycles. The average molecular weight is 266 g/mol. The Labute approximate surface area is 112 Å². The van der Waals surface area contributed by atoms with Gasteiger partial charge in [-0.1, -0.05) is 19.1 Å². The van der Waals surface area contributed by atoms with Crippen LogP contribution in [0.5, 0.6) is 0 Å². The number of nitrogens with zero attached hydrogens (tertiary/aromatic N) is 1. The fourth-order valence-electron chi connectivity index (χ4n) is 1.34. The summed E-state index contributed by atoms with van der Waals surface area (Å²) in [5.41, 5.74) is 6.29. The quantitative estimate of drug-likeness (QED) is 0.643. The lowest BCUT2D eigenvalue weighted by Gasteiger charge is -2.07. The van der Waals surface area contributed by atoms with Crippen molar-refractivity contribution < 1.29 is 4.79 Å². The smallest absolute Gasteiger partial charge is 0.221 e. The second-order valence-corrected chi connectivity index (χ2v) is 4.26. The van der Waals surface area contributed by atoms with Crippen molar-refractivity contribution in [2.45, 2.75) is 19.8 Å². The number of thiocarbonyl (C=S) groups is 1. The number of hydrogen-bond donors (Lipinski definition) is 3. The highest BCUT2D eigenvalue weighted by Crippen LogP contribution is 2.06. The van der Waals surface area contributed by atoms with Crippen LogP contribution in [0.4, 0.5) is 5.82 Å². The van der Waals surface area contributed by atoms with Crippen molar-refractivity contribution in [3.8, 4) is 0 Å². The third-order valence-corrected chi connectivity index (χ3v) is 2.51. The van der Waals surface area contributed by atoms with Crippen molar-refractivity contribution in [2.24, 2.45) is 5.73 Å². The zero-order chi connectivity index (χ0) is 13.4. The molecule has 1 amide bonds. The minimum Gasteiger partial charge on any atom is -0.389 e. The lowest BCUT2D eigenvalue weighted by atomic mass is 10.2. The van der Waals surface area contributed by atoms with E-state index in [1.54, 1.807) is 18.3 Å². The molecule has 0 fully saturated rings. The van der Waals surface area contributed by atoms with Gasteiger partial charge < -0.3 is 16.4 Å². The summed E-state index contributed by atoms with van der Waals surface area (Å²) in [5.74, 6) is 0.707. The summed E-state index contributed by atoms with van der Waals surface area (Å²) >= 11 is 4.88. The normalized spacial score (nSPS) is 9.83. The van der Waals surface area contributed by atoms with Crippen LogP contribution in [0.2, 0.25) is 0 Å². The number of rotatable bonds is 7. The van der Waals surface area contributed by atoms with Gasteiger partial charge in [0.25, 0.3) is 0 Å². The number of nitrogens with two attached hydrogens (primary N) is 1. The number of hydrogen-bond acceptors (Lipinski definition) is 4. The molecule has 0 radical (unpaired) electrons. The highest BCUT2D eigenvalue weighted by Gasteiger charge is 2.02.